The molecule has 1 aliphatic rings. The second-order valence-electron chi connectivity index (χ2n) is 3.34. The number of carbonyl (C=O) groups is 1. The Bertz CT molecular complexity index is 331. The van der Waals surface area contributed by atoms with Gasteiger partial charge in [0.05, 0.1) is 0 Å². The summed E-state index contributed by atoms with van der Waals surface area (Å²) in [5, 5.41) is 14.5. The summed E-state index contributed by atoms with van der Waals surface area (Å²) in [5.41, 5.74) is 3.37. The fourth-order valence-electron chi connectivity index (χ4n) is 1.36. The van der Waals surface area contributed by atoms with Crippen molar-refractivity contribution in [1.82, 2.24) is 4.31 Å². The van der Waals surface area contributed by atoms with E-state index in [1.54, 1.807) is 0 Å². The zero-order valence-electron chi connectivity index (χ0n) is 7.51. The number of piperidine rings is 1. The first kappa shape index (κ1) is 11.4. The quantitative estimate of drug-likeness (QED) is 0.478. The first-order valence-corrected chi connectivity index (χ1v) is 5.56. The van der Waals surface area contributed by atoms with Crippen LogP contribution in [0.3, 0.4) is 0 Å². The smallest absolute Gasteiger partial charge is 0.276 e. The molecule has 1 heterocycles. The Labute approximate surface area is 81.8 Å². The lowest BCUT2D eigenvalue weighted by Crippen LogP contribution is -2.54. The number of rotatable bonds is 2. The van der Waals surface area contributed by atoms with Gasteiger partial charge in [-0.25, -0.2) is 5.14 Å². The molecule has 8 heteroatoms. The van der Waals surface area contributed by atoms with E-state index in [2.05, 4.69) is 0 Å². The molecule has 0 atom stereocenters. The third-order valence-electron chi connectivity index (χ3n) is 2.37. The minimum absolute atomic E-state index is 0.0122. The van der Waals surface area contributed by atoms with Gasteiger partial charge in [0.25, 0.3) is 10.2 Å². The van der Waals surface area contributed by atoms with Gasteiger partial charge in [-0.1, -0.05) is 0 Å². The molecule has 0 radical (unpaired) electrons. The molecule has 0 aromatic rings. The average molecular weight is 223 g/mol. The van der Waals surface area contributed by atoms with Crippen LogP contribution < -0.4 is 10.9 Å². The summed E-state index contributed by atoms with van der Waals surface area (Å²) in [4.78, 5) is 10.8. The van der Waals surface area contributed by atoms with Crippen LogP contribution in [0.15, 0.2) is 0 Å². The van der Waals surface area contributed by atoms with Gasteiger partial charge in [-0.15, -0.1) is 0 Å². The van der Waals surface area contributed by atoms with Gasteiger partial charge in [-0.05, 0) is 12.8 Å². The van der Waals surface area contributed by atoms with Crippen molar-refractivity contribution in [1.29, 1.82) is 0 Å². The van der Waals surface area contributed by atoms with E-state index in [9.17, 15) is 18.3 Å². The molecule has 0 aromatic carbocycles. The van der Waals surface area contributed by atoms with Crippen molar-refractivity contribution in [3.63, 3.8) is 0 Å². The van der Waals surface area contributed by atoms with Crippen molar-refractivity contribution >= 4 is 16.1 Å². The first-order chi connectivity index (χ1) is 6.26. The minimum Gasteiger partial charge on any atom is -0.380 e. The van der Waals surface area contributed by atoms with Crippen molar-refractivity contribution in [3.05, 3.63) is 0 Å². The van der Waals surface area contributed by atoms with Gasteiger partial charge in [0.2, 0.25) is 5.91 Å². The number of carbonyl (C=O) groups excluding carboxylic acids is 1. The largest absolute Gasteiger partial charge is 0.380 e. The SMILES string of the molecule is NC(=O)C1(O)CCN(S(N)(=O)=O)CC1. The highest BCUT2D eigenvalue weighted by Gasteiger charge is 2.39. The normalized spacial score (nSPS) is 23.3. The summed E-state index contributed by atoms with van der Waals surface area (Å²) in [6.45, 7) is 0.0244. The highest BCUT2D eigenvalue weighted by Crippen LogP contribution is 2.22. The van der Waals surface area contributed by atoms with Crippen molar-refractivity contribution in [2.45, 2.75) is 18.4 Å². The number of nitrogens with zero attached hydrogens (tertiary/aromatic N) is 1. The minimum atomic E-state index is -3.73. The average Bonchev–Trinajstić information content (AvgIpc) is 2.03. The van der Waals surface area contributed by atoms with Crippen LogP contribution >= 0.6 is 0 Å². The lowest BCUT2D eigenvalue weighted by Gasteiger charge is -2.34. The van der Waals surface area contributed by atoms with E-state index < -0.39 is 21.7 Å². The summed E-state index contributed by atoms with van der Waals surface area (Å²) in [6.07, 6.45) is -0.0302. The monoisotopic (exact) mass is 223 g/mol. The van der Waals surface area contributed by atoms with E-state index in [1.807, 2.05) is 0 Å². The molecule has 1 saturated heterocycles. The highest BCUT2D eigenvalue weighted by molar-refractivity contribution is 7.86. The molecule has 1 rings (SSSR count). The Balaban J connectivity index is 2.68. The molecular formula is C6H13N3O4S. The van der Waals surface area contributed by atoms with Crippen LogP contribution in [0.1, 0.15) is 12.8 Å². The maximum atomic E-state index is 10.9. The van der Waals surface area contributed by atoms with Gasteiger partial charge < -0.3 is 10.8 Å². The third kappa shape index (κ3) is 2.21. The maximum absolute atomic E-state index is 10.9. The molecule has 0 aromatic heterocycles. The number of amides is 1. The molecule has 82 valence electrons. The molecule has 14 heavy (non-hydrogen) atoms. The van der Waals surface area contributed by atoms with Crippen LogP contribution in [0, 0.1) is 0 Å². The summed E-state index contributed by atoms with van der Waals surface area (Å²) in [7, 11) is -3.73. The number of aliphatic hydroxyl groups is 1. The lowest BCUT2D eigenvalue weighted by atomic mass is 9.92. The number of hydrogen-bond donors (Lipinski definition) is 3. The van der Waals surface area contributed by atoms with Crippen molar-refractivity contribution in [2.24, 2.45) is 10.9 Å². The highest BCUT2D eigenvalue weighted by atomic mass is 32.2. The van der Waals surface area contributed by atoms with Gasteiger partial charge in [0.15, 0.2) is 0 Å². The van der Waals surface area contributed by atoms with E-state index in [4.69, 9.17) is 10.9 Å². The van der Waals surface area contributed by atoms with Crippen molar-refractivity contribution in [3.8, 4) is 0 Å². The Morgan fingerprint density at radius 1 is 1.36 bits per heavy atom. The zero-order valence-corrected chi connectivity index (χ0v) is 8.33. The summed E-state index contributed by atoms with van der Waals surface area (Å²) in [6, 6.07) is 0. The van der Waals surface area contributed by atoms with Gasteiger partial charge in [0.1, 0.15) is 5.60 Å². The zero-order chi connectivity index (χ0) is 11.0. The summed E-state index contributed by atoms with van der Waals surface area (Å²) < 4.78 is 22.8. The van der Waals surface area contributed by atoms with Crippen LogP contribution in [-0.2, 0) is 15.0 Å². The molecule has 0 unspecified atom stereocenters. The van der Waals surface area contributed by atoms with Crippen molar-refractivity contribution < 1.29 is 18.3 Å². The standard InChI is InChI=1S/C6H13N3O4S/c7-5(10)6(11)1-3-9(4-2-6)14(8,12)13/h11H,1-4H2,(H2,7,10)(H2,8,12,13). The molecule has 1 aliphatic heterocycles. The molecule has 7 nitrogen and oxygen atoms in total. The predicted octanol–water partition coefficient (Wildman–Crippen LogP) is -2.50. The van der Waals surface area contributed by atoms with Crippen LogP contribution in [-0.4, -0.2) is 42.4 Å². The summed E-state index contributed by atoms with van der Waals surface area (Å²) >= 11 is 0. The van der Waals surface area contributed by atoms with E-state index in [-0.39, 0.29) is 25.9 Å². The topological polar surface area (TPSA) is 127 Å². The second kappa shape index (κ2) is 3.46. The van der Waals surface area contributed by atoms with Gasteiger partial charge in [-0.2, -0.15) is 12.7 Å². The number of hydrogen-bond acceptors (Lipinski definition) is 4. The van der Waals surface area contributed by atoms with Crippen LogP contribution in [0.25, 0.3) is 0 Å². The molecule has 0 spiro atoms. The molecule has 0 aliphatic carbocycles. The molecule has 5 N–H and O–H groups in total. The van der Waals surface area contributed by atoms with Crippen LogP contribution in [0.2, 0.25) is 0 Å². The Morgan fingerprint density at radius 2 is 1.79 bits per heavy atom. The van der Waals surface area contributed by atoms with E-state index in [0.29, 0.717) is 0 Å². The number of primary amides is 1. The van der Waals surface area contributed by atoms with Gasteiger partial charge in [-0.3, -0.25) is 4.79 Å². The molecule has 1 fully saturated rings. The van der Waals surface area contributed by atoms with Gasteiger partial charge >= 0.3 is 0 Å². The third-order valence-corrected chi connectivity index (χ3v) is 3.45. The summed E-state index contributed by atoms with van der Waals surface area (Å²) in [5.74, 6) is -0.827. The number of nitrogens with two attached hydrogens (primary N) is 2. The van der Waals surface area contributed by atoms with E-state index in [0.717, 1.165) is 4.31 Å². The Kier molecular flexibility index (Phi) is 2.81. The lowest BCUT2D eigenvalue weighted by molar-refractivity contribution is -0.139. The van der Waals surface area contributed by atoms with Crippen LogP contribution in [0.4, 0.5) is 0 Å². The Hall–Kier alpha value is -0.700. The maximum Gasteiger partial charge on any atom is 0.276 e. The molecular weight excluding hydrogens is 210 g/mol. The van der Waals surface area contributed by atoms with E-state index >= 15 is 0 Å². The molecule has 1 amide bonds. The Morgan fingerprint density at radius 3 is 2.07 bits per heavy atom. The second-order valence-corrected chi connectivity index (χ2v) is 4.89. The predicted molar refractivity (Wildman–Crippen MR) is 48.1 cm³/mol. The fourth-order valence-corrected chi connectivity index (χ4v) is 2.05. The first-order valence-electron chi connectivity index (χ1n) is 4.06. The van der Waals surface area contributed by atoms with Gasteiger partial charge in [0, 0.05) is 13.1 Å². The van der Waals surface area contributed by atoms with E-state index in [1.165, 1.54) is 0 Å². The fraction of sp³-hybridized carbons (Fsp3) is 0.833. The molecule has 0 bridgehead atoms. The van der Waals surface area contributed by atoms with Crippen molar-refractivity contribution in [2.75, 3.05) is 13.1 Å². The molecule has 0 saturated carbocycles. The van der Waals surface area contributed by atoms with Crippen LogP contribution in [0.5, 0.6) is 0 Å².